The molecule has 4 heteroatoms. The van der Waals surface area contributed by atoms with Crippen LogP contribution in [0.25, 0.3) is 32.7 Å². The fraction of sp³-hybridized carbons (Fsp3) is 0.250. The van der Waals surface area contributed by atoms with Crippen LogP contribution in [-0.2, 0) is 36.7 Å². The predicted molar refractivity (Wildman–Crippen MR) is 142 cm³/mol. The van der Waals surface area contributed by atoms with Crippen molar-refractivity contribution in [1.82, 2.24) is 0 Å². The summed E-state index contributed by atoms with van der Waals surface area (Å²) in [7, 11) is 0. The topological polar surface area (TPSA) is 0 Å². The molecule has 5 aromatic rings. The maximum atomic E-state index is 13.2. The molecule has 0 atom stereocenters. The monoisotopic (exact) mass is 686 g/mol. The SMILES string of the molecule is CC(C)(C)c1ccc2c(c1)[cH-]c1cc(C(C)(C)C)ccc12.Fc1ccccc1-c1ccc[cH-]1.[Cl-].[Cl-].[Hf+4]. The first kappa shape index (κ1) is 32.3. The van der Waals surface area contributed by atoms with Gasteiger partial charge in [-0.3, -0.25) is 0 Å². The molecule has 0 bridgehead atoms. The molecule has 0 radical (unpaired) electrons. The minimum Gasteiger partial charge on any atom is -1.00 e. The molecule has 0 unspecified atom stereocenters. The van der Waals surface area contributed by atoms with E-state index in [1.165, 1.54) is 38.7 Å². The van der Waals surface area contributed by atoms with Crippen molar-refractivity contribution in [2.45, 2.75) is 52.4 Å². The van der Waals surface area contributed by atoms with Gasteiger partial charge in [-0.05, 0) is 16.9 Å². The predicted octanol–water partition coefficient (Wildman–Crippen LogP) is 3.52. The summed E-state index contributed by atoms with van der Waals surface area (Å²) in [5, 5.41) is 5.48. The van der Waals surface area contributed by atoms with E-state index in [4.69, 9.17) is 0 Å². The van der Waals surface area contributed by atoms with E-state index in [9.17, 15) is 4.39 Å². The molecule has 0 aliphatic rings. The molecule has 0 aliphatic heterocycles. The van der Waals surface area contributed by atoms with Gasteiger partial charge in [0.1, 0.15) is 0 Å². The normalized spacial score (nSPS) is 11.1. The molecule has 0 heterocycles. The van der Waals surface area contributed by atoms with Crippen LogP contribution in [0.1, 0.15) is 52.7 Å². The van der Waals surface area contributed by atoms with Gasteiger partial charge in [0.25, 0.3) is 0 Å². The summed E-state index contributed by atoms with van der Waals surface area (Å²) in [6.07, 6.45) is 0. The Balaban J connectivity index is 0.000000373. The van der Waals surface area contributed by atoms with E-state index in [1.54, 1.807) is 12.1 Å². The maximum Gasteiger partial charge on any atom is 4.00 e. The largest absolute Gasteiger partial charge is 4.00 e. The number of rotatable bonds is 1. The summed E-state index contributed by atoms with van der Waals surface area (Å²) >= 11 is 0. The minimum absolute atomic E-state index is 0. The Morgan fingerprint density at radius 2 is 1.14 bits per heavy atom. The van der Waals surface area contributed by atoms with Crippen molar-refractivity contribution in [3.63, 3.8) is 0 Å². The molecule has 0 aliphatic carbocycles. The van der Waals surface area contributed by atoms with Gasteiger partial charge in [0.15, 0.2) is 0 Å². The van der Waals surface area contributed by atoms with Crippen molar-refractivity contribution in [3.8, 4) is 11.1 Å². The van der Waals surface area contributed by atoms with E-state index in [-0.39, 0.29) is 67.3 Å². The Bertz CT molecular complexity index is 1320. The Kier molecular flexibility index (Phi) is 11.4. The summed E-state index contributed by atoms with van der Waals surface area (Å²) < 4.78 is 13.2. The smallest absolute Gasteiger partial charge is 1.00 e. The van der Waals surface area contributed by atoms with Crippen LogP contribution in [0.2, 0.25) is 0 Å². The molecule has 0 fully saturated rings. The van der Waals surface area contributed by atoms with E-state index >= 15 is 0 Å². The van der Waals surface area contributed by atoms with Crippen LogP contribution in [0.3, 0.4) is 0 Å². The molecule has 0 aromatic heterocycles. The maximum absolute atomic E-state index is 13.2. The second-order valence-electron chi connectivity index (χ2n) is 10.9. The van der Waals surface area contributed by atoms with E-state index < -0.39 is 0 Å². The van der Waals surface area contributed by atoms with Crippen molar-refractivity contribution in [3.05, 3.63) is 108 Å². The molecule has 0 spiro atoms. The molecule has 186 valence electrons. The molecule has 5 rings (SSSR count). The van der Waals surface area contributed by atoms with Crippen molar-refractivity contribution in [2.24, 2.45) is 0 Å². The number of halogens is 3. The average Bonchev–Trinajstić information content (AvgIpc) is 3.40. The van der Waals surface area contributed by atoms with Gasteiger partial charge < -0.3 is 24.8 Å². The van der Waals surface area contributed by atoms with Crippen LogP contribution in [-0.4, -0.2) is 0 Å². The molecule has 0 saturated heterocycles. The van der Waals surface area contributed by atoms with Gasteiger partial charge in [-0.15, -0.1) is 51.4 Å². The van der Waals surface area contributed by atoms with Gasteiger partial charge in [0.2, 0.25) is 0 Å². The fourth-order valence-electron chi connectivity index (χ4n) is 4.20. The first-order valence-corrected chi connectivity index (χ1v) is 11.6. The molecular formula is C32H33Cl2FHf. The third kappa shape index (κ3) is 7.18. The Hall–Kier alpha value is -1.74. The second kappa shape index (κ2) is 12.7. The average molecular weight is 686 g/mol. The summed E-state index contributed by atoms with van der Waals surface area (Å²) in [5.74, 6) is -0.163. The molecule has 5 aromatic carbocycles. The molecule has 0 N–H and O–H groups in total. The molecular weight excluding hydrogens is 653 g/mol. The molecule has 36 heavy (non-hydrogen) atoms. The number of benzene rings is 3. The first-order chi connectivity index (χ1) is 15.5. The van der Waals surface area contributed by atoms with Crippen LogP contribution in [0, 0.1) is 5.82 Å². The van der Waals surface area contributed by atoms with Crippen LogP contribution >= 0.6 is 0 Å². The van der Waals surface area contributed by atoms with Crippen molar-refractivity contribution in [1.29, 1.82) is 0 Å². The van der Waals surface area contributed by atoms with E-state index in [0.717, 1.165) is 5.56 Å². The third-order valence-electron chi connectivity index (χ3n) is 6.28. The zero-order valence-corrected chi connectivity index (χ0v) is 26.9. The van der Waals surface area contributed by atoms with Crippen molar-refractivity contribution in [2.75, 3.05) is 0 Å². The summed E-state index contributed by atoms with van der Waals surface area (Å²) in [5.41, 5.74) is 4.82. The third-order valence-corrected chi connectivity index (χ3v) is 6.28. The van der Waals surface area contributed by atoms with Crippen molar-refractivity contribution >= 4 is 21.5 Å². The first-order valence-electron chi connectivity index (χ1n) is 11.6. The molecule has 0 nitrogen and oxygen atoms in total. The van der Waals surface area contributed by atoms with E-state index in [1.807, 2.05) is 30.3 Å². The van der Waals surface area contributed by atoms with Gasteiger partial charge in [0.05, 0.1) is 5.82 Å². The molecule has 0 amide bonds. The van der Waals surface area contributed by atoms with Gasteiger partial charge >= 0.3 is 25.8 Å². The second-order valence-corrected chi connectivity index (χ2v) is 10.9. The number of hydrogen-bond acceptors (Lipinski definition) is 0. The van der Waals surface area contributed by atoms with Crippen LogP contribution in [0.15, 0.2) is 91.0 Å². The number of hydrogen-bond donors (Lipinski definition) is 0. The van der Waals surface area contributed by atoms with Crippen LogP contribution in [0.4, 0.5) is 4.39 Å². The quantitative estimate of drug-likeness (QED) is 0.187. The van der Waals surface area contributed by atoms with Gasteiger partial charge in [-0.25, -0.2) is 4.39 Å². The molecule has 0 saturated carbocycles. The number of fused-ring (bicyclic) bond motifs is 3. The summed E-state index contributed by atoms with van der Waals surface area (Å²) in [4.78, 5) is 0. The van der Waals surface area contributed by atoms with Crippen molar-refractivity contribution < 1.29 is 55.0 Å². The fourth-order valence-corrected chi connectivity index (χ4v) is 4.20. The zero-order valence-electron chi connectivity index (χ0n) is 21.8. The van der Waals surface area contributed by atoms with Gasteiger partial charge in [-0.2, -0.15) is 18.2 Å². The van der Waals surface area contributed by atoms with Gasteiger partial charge in [-0.1, -0.05) is 101 Å². The van der Waals surface area contributed by atoms with Crippen LogP contribution in [0.5, 0.6) is 0 Å². The van der Waals surface area contributed by atoms with E-state index in [2.05, 4.69) is 84.0 Å². The van der Waals surface area contributed by atoms with Gasteiger partial charge in [0, 0.05) is 0 Å². The Morgan fingerprint density at radius 3 is 1.56 bits per heavy atom. The summed E-state index contributed by atoms with van der Waals surface area (Å²) in [6.45, 7) is 13.6. The van der Waals surface area contributed by atoms with Crippen LogP contribution < -0.4 is 24.8 Å². The Morgan fingerprint density at radius 1 is 0.639 bits per heavy atom. The minimum atomic E-state index is -0.163. The summed E-state index contributed by atoms with van der Waals surface area (Å²) in [6, 6.07) is 30.6. The van der Waals surface area contributed by atoms with E-state index in [0.29, 0.717) is 5.56 Å². The zero-order chi connectivity index (χ0) is 23.8. The standard InChI is InChI=1S/C21H25.C11H8F.2ClH.Hf/c1-20(2,3)16-7-9-18-14(12-16)11-15-13-17(21(4,5)6)8-10-19(15)18;12-11-8-4-3-7-10(11)9-5-1-2-6-9;;;/h7-13H,1-6H3;1-8H;2*1H;/q2*-1;;;+4/p-2. The Labute approximate surface area is 246 Å².